The van der Waals surface area contributed by atoms with Crippen molar-refractivity contribution in [2.75, 3.05) is 33.3 Å². The first-order chi connectivity index (χ1) is 12.4. The first-order valence-electron chi connectivity index (χ1n) is 9.46. The number of likely N-dealkylation sites (N-methyl/N-ethyl adjacent to an activating group) is 1. The van der Waals surface area contributed by atoms with E-state index in [1.165, 1.54) is 0 Å². The molecule has 1 fully saturated rings. The molecule has 1 aromatic carbocycles. The van der Waals surface area contributed by atoms with Crippen molar-refractivity contribution < 1.29 is 13.2 Å². The van der Waals surface area contributed by atoms with Crippen LogP contribution in [0.15, 0.2) is 33.6 Å². The zero-order chi connectivity index (χ0) is 19.2. The summed E-state index contributed by atoms with van der Waals surface area (Å²) >= 11 is 3.35. The Hall–Kier alpha value is -0.470. The van der Waals surface area contributed by atoms with Gasteiger partial charge in [-0.2, -0.15) is 4.31 Å². The maximum absolute atomic E-state index is 12.8. The Morgan fingerprint density at radius 1 is 1.08 bits per heavy atom. The molecule has 1 saturated carbocycles. The Morgan fingerprint density at radius 2 is 1.65 bits per heavy atom. The van der Waals surface area contributed by atoms with Crippen LogP contribution in [0.25, 0.3) is 0 Å². The molecule has 0 aromatic heterocycles. The molecule has 2 rings (SSSR count). The predicted molar refractivity (Wildman–Crippen MR) is 109 cm³/mol. The normalized spacial score (nSPS) is 21.5. The second-order valence-corrected chi connectivity index (χ2v) is 9.72. The van der Waals surface area contributed by atoms with Gasteiger partial charge in [0.2, 0.25) is 10.0 Å². The van der Waals surface area contributed by atoms with Gasteiger partial charge in [0.25, 0.3) is 0 Å². The summed E-state index contributed by atoms with van der Waals surface area (Å²) in [6.45, 7) is 8.14. The Bertz CT molecular complexity index is 639. The number of hydrogen-bond donors (Lipinski definition) is 0. The van der Waals surface area contributed by atoms with Gasteiger partial charge in [-0.25, -0.2) is 8.42 Å². The predicted octanol–water partition coefficient (Wildman–Crippen LogP) is 3.74. The van der Waals surface area contributed by atoms with E-state index in [1.54, 1.807) is 35.6 Å². The summed E-state index contributed by atoms with van der Waals surface area (Å²) in [5.74, 6) is 0. The lowest BCUT2D eigenvalue weighted by Crippen LogP contribution is -2.41. The van der Waals surface area contributed by atoms with E-state index in [9.17, 15) is 8.42 Å². The lowest BCUT2D eigenvalue weighted by atomic mass is 9.93. The Morgan fingerprint density at radius 3 is 2.19 bits per heavy atom. The van der Waals surface area contributed by atoms with Crippen LogP contribution in [-0.4, -0.2) is 63.1 Å². The topological polar surface area (TPSA) is 49.9 Å². The van der Waals surface area contributed by atoms with Gasteiger partial charge in [-0.05, 0) is 63.0 Å². The monoisotopic (exact) mass is 446 g/mol. The van der Waals surface area contributed by atoms with E-state index in [-0.39, 0.29) is 12.1 Å². The van der Waals surface area contributed by atoms with Crippen molar-refractivity contribution in [1.82, 2.24) is 9.21 Å². The third-order valence-corrected chi connectivity index (χ3v) is 7.76. The van der Waals surface area contributed by atoms with Crippen LogP contribution in [0.4, 0.5) is 0 Å². The van der Waals surface area contributed by atoms with Gasteiger partial charge in [0.15, 0.2) is 0 Å². The molecule has 26 heavy (non-hydrogen) atoms. The lowest BCUT2D eigenvalue weighted by Gasteiger charge is -2.34. The van der Waals surface area contributed by atoms with Gasteiger partial charge in [0.1, 0.15) is 0 Å². The molecule has 1 aliphatic rings. The Kier molecular flexibility index (Phi) is 8.54. The highest BCUT2D eigenvalue weighted by molar-refractivity contribution is 9.10. The molecule has 1 aromatic rings. The molecule has 0 heterocycles. The molecule has 0 aliphatic heterocycles. The average molecular weight is 447 g/mol. The molecule has 148 valence electrons. The van der Waals surface area contributed by atoms with Crippen LogP contribution in [0.2, 0.25) is 0 Å². The number of rotatable bonds is 9. The van der Waals surface area contributed by atoms with Crippen molar-refractivity contribution in [2.45, 2.75) is 56.6 Å². The number of ether oxygens (including phenoxy) is 1. The summed E-state index contributed by atoms with van der Waals surface area (Å²) in [5.41, 5.74) is 0. The van der Waals surface area contributed by atoms with Gasteiger partial charge in [-0.15, -0.1) is 0 Å². The SMILES string of the molecule is CCN(CC)CCOC1CCC(N(C)S(=O)(=O)c2ccc(Br)cc2)CC1. The van der Waals surface area contributed by atoms with Crippen molar-refractivity contribution in [3.8, 4) is 0 Å². The second kappa shape index (κ2) is 10.2. The number of nitrogens with zero attached hydrogens (tertiary/aromatic N) is 2. The molecule has 5 nitrogen and oxygen atoms in total. The van der Waals surface area contributed by atoms with Crippen molar-refractivity contribution in [2.24, 2.45) is 0 Å². The summed E-state index contributed by atoms with van der Waals surface area (Å²) < 4.78 is 34.1. The molecule has 1 aliphatic carbocycles. The molecule has 0 saturated heterocycles. The Balaban J connectivity index is 1.84. The minimum Gasteiger partial charge on any atom is -0.377 e. The summed E-state index contributed by atoms with van der Waals surface area (Å²) in [6, 6.07) is 6.88. The van der Waals surface area contributed by atoms with Gasteiger partial charge >= 0.3 is 0 Å². The van der Waals surface area contributed by atoms with E-state index in [2.05, 4.69) is 34.7 Å². The molecule has 0 bridgehead atoms. The van der Waals surface area contributed by atoms with E-state index in [0.29, 0.717) is 4.90 Å². The number of halogens is 1. The van der Waals surface area contributed by atoms with Crippen LogP contribution < -0.4 is 0 Å². The van der Waals surface area contributed by atoms with Gasteiger partial charge < -0.3 is 9.64 Å². The van der Waals surface area contributed by atoms with Crippen LogP contribution in [-0.2, 0) is 14.8 Å². The summed E-state index contributed by atoms with van der Waals surface area (Å²) in [5, 5.41) is 0. The fraction of sp³-hybridized carbons (Fsp3) is 0.684. The van der Waals surface area contributed by atoms with E-state index < -0.39 is 10.0 Å². The minimum atomic E-state index is -3.44. The van der Waals surface area contributed by atoms with Crippen LogP contribution in [0.1, 0.15) is 39.5 Å². The van der Waals surface area contributed by atoms with Crippen LogP contribution >= 0.6 is 15.9 Å². The Labute approximate surface area is 166 Å². The molecule has 0 atom stereocenters. The highest BCUT2D eigenvalue weighted by Crippen LogP contribution is 2.28. The largest absolute Gasteiger partial charge is 0.377 e. The summed E-state index contributed by atoms with van der Waals surface area (Å²) in [7, 11) is -1.74. The maximum Gasteiger partial charge on any atom is 0.243 e. The zero-order valence-corrected chi connectivity index (χ0v) is 18.4. The molecule has 0 N–H and O–H groups in total. The molecular formula is C19H31BrN2O3S. The van der Waals surface area contributed by atoms with Crippen molar-refractivity contribution in [3.63, 3.8) is 0 Å². The van der Waals surface area contributed by atoms with Gasteiger partial charge in [0.05, 0.1) is 17.6 Å². The zero-order valence-electron chi connectivity index (χ0n) is 16.0. The highest BCUT2D eigenvalue weighted by Gasteiger charge is 2.31. The molecule has 0 radical (unpaired) electrons. The van der Waals surface area contributed by atoms with Crippen LogP contribution in [0.5, 0.6) is 0 Å². The average Bonchev–Trinajstić information content (AvgIpc) is 2.65. The quantitative estimate of drug-likeness (QED) is 0.579. The van der Waals surface area contributed by atoms with E-state index in [4.69, 9.17) is 4.74 Å². The molecular weight excluding hydrogens is 416 g/mol. The smallest absolute Gasteiger partial charge is 0.243 e. The third-order valence-electron chi connectivity index (χ3n) is 5.30. The van der Waals surface area contributed by atoms with Gasteiger partial charge in [0, 0.05) is 24.1 Å². The molecule has 7 heteroatoms. The van der Waals surface area contributed by atoms with E-state index >= 15 is 0 Å². The number of benzene rings is 1. The van der Waals surface area contributed by atoms with Gasteiger partial charge in [-0.3, -0.25) is 0 Å². The molecule has 0 unspecified atom stereocenters. The first kappa shape index (κ1) is 21.8. The van der Waals surface area contributed by atoms with Crippen molar-refractivity contribution in [1.29, 1.82) is 0 Å². The van der Waals surface area contributed by atoms with E-state index in [1.807, 2.05) is 0 Å². The highest BCUT2D eigenvalue weighted by atomic mass is 79.9. The first-order valence-corrected chi connectivity index (χ1v) is 11.7. The van der Waals surface area contributed by atoms with Gasteiger partial charge in [-0.1, -0.05) is 29.8 Å². The number of hydrogen-bond acceptors (Lipinski definition) is 4. The maximum atomic E-state index is 12.8. The molecule has 0 amide bonds. The summed E-state index contributed by atoms with van der Waals surface area (Å²) in [4.78, 5) is 2.70. The third kappa shape index (κ3) is 5.76. The van der Waals surface area contributed by atoms with Crippen LogP contribution in [0, 0.1) is 0 Å². The standard InChI is InChI=1S/C19H31BrN2O3S/c1-4-22(5-2)14-15-25-18-10-8-17(9-11-18)21(3)26(23,24)19-12-6-16(20)7-13-19/h6-7,12-13,17-18H,4-5,8-11,14-15H2,1-3H3. The number of sulfonamides is 1. The fourth-order valence-corrected chi connectivity index (χ4v) is 5.11. The van der Waals surface area contributed by atoms with Crippen LogP contribution in [0.3, 0.4) is 0 Å². The van der Waals surface area contributed by atoms with E-state index in [0.717, 1.165) is 56.4 Å². The van der Waals surface area contributed by atoms with Crippen molar-refractivity contribution >= 4 is 26.0 Å². The minimum absolute atomic E-state index is 0.0475. The second-order valence-electron chi connectivity index (χ2n) is 6.80. The molecule has 0 spiro atoms. The fourth-order valence-electron chi connectivity index (χ4n) is 3.43. The summed E-state index contributed by atoms with van der Waals surface area (Å²) in [6.07, 6.45) is 3.79. The van der Waals surface area contributed by atoms with Crippen molar-refractivity contribution in [3.05, 3.63) is 28.7 Å². The lowest BCUT2D eigenvalue weighted by molar-refractivity contribution is 0.00796.